The highest BCUT2D eigenvalue weighted by molar-refractivity contribution is 6.10. The number of benzene rings is 1. The van der Waals surface area contributed by atoms with Crippen LogP contribution in [0.5, 0.6) is 0 Å². The van der Waals surface area contributed by atoms with E-state index in [1.54, 1.807) is 18.3 Å². The Kier molecular flexibility index (Phi) is 6.89. The van der Waals surface area contributed by atoms with Crippen LogP contribution in [0.4, 0.5) is 21.6 Å². The van der Waals surface area contributed by atoms with E-state index in [9.17, 15) is 18.8 Å². The quantitative estimate of drug-likeness (QED) is 0.396. The number of Topliss-reactive ketones (excluding diaryl/α,β-unsaturated/α-hetero) is 1. The molecule has 0 radical (unpaired) electrons. The minimum absolute atomic E-state index is 0.00900. The number of aromatic amines is 1. The zero-order valence-electron chi connectivity index (χ0n) is 23.5. The van der Waals surface area contributed by atoms with Crippen LogP contribution in [0.3, 0.4) is 0 Å². The van der Waals surface area contributed by atoms with Crippen molar-refractivity contribution < 1.29 is 18.8 Å². The molecule has 2 aromatic heterocycles. The van der Waals surface area contributed by atoms with Gasteiger partial charge in [-0.25, -0.2) is 9.37 Å². The summed E-state index contributed by atoms with van der Waals surface area (Å²) in [5, 5.41) is 6.13. The van der Waals surface area contributed by atoms with E-state index in [2.05, 4.69) is 25.5 Å². The molecule has 9 nitrogen and oxygen atoms in total. The average molecular weight is 559 g/mol. The number of para-hydroxylation sites is 1. The van der Waals surface area contributed by atoms with Crippen molar-refractivity contribution in [3.8, 4) is 11.3 Å². The number of H-pyrrole nitrogens is 1. The van der Waals surface area contributed by atoms with Crippen molar-refractivity contribution in [2.45, 2.75) is 44.8 Å². The molecule has 4 atom stereocenters. The molecule has 0 spiro atoms. The summed E-state index contributed by atoms with van der Waals surface area (Å²) in [5.74, 6) is -0.810. The Morgan fingerprint density at radius 2 is 1.93 bits per heavy atom. The van der Waals surface area contributed by atoms with Gasteiger partial charge in [0.15, 0.2) is 5.78 Å². The zero-order valence-corrected chi connectivity index (χ0v) is 23.5. The first-order chi connectivity index (χ1) is 19.6. The number of amides is 2. The molecule has 2 fully saturated rings. The van der Waals surface area contributed by atoms with E-state index in [1.165, 1.54) is 0 Å². The molecule has 1 aliphatic heterocycles. The van der Waals surface area contributed by atoms with Crippen LogP contribution in [-0.4, -0.2) is 76.8 Å². The van der Waals surface area contributed by atoms with Gasteiger partial charge in [-0.05, 0) is 58.1 Å². The fourth-order valence-corrected chi connectivity index (χ4v) is 6.08. The molecule has 3 N–H and O–H groups in total. The average Bonchev–Trinajstić information content (AvgIpc) is 3.31. The molecular formula is C31H35FN6O3. The number of alkyl halides is 1. The van der Waals surface area contributed by atoms with Crippen LogP contribution in [0.25, 0.3) is 11.3 Å². The van der Waals surface area contributed by atoms with Crippen LogP contribution in [0.2, 0.25) is 0 Å². The number of nitrogens with zero attached hydrogens (tertiary/aromatic N) is 3. The first-order valence-electron chi connectivity index (χ1n) is 14.1. The molecular weight excluding hydrogens is 523 g/mol. The lowest BCUT2D eigenvalue weighted by Crippen LogP contribution is -2.46. The van der Waals surface area contributed by atoms with Crippen molar-refractivity contribution in [1.82, 2.24) is 19.8 Å². The highest BCUT2D eigenvalue weighted by atomic mass is 19.1. The van der Waals surface area contributed by atoms with Gasteiger partial charge >= 0.3 is 0 Å². The molecule has 214 valence electrons. The number of hydrogen-bond donors (Lipinski definition) is 3. The monoisotopic (exact) mass is 558 g/mol. The van der Waals surface area contributed by atoms with Crippen LogP contribution in [0, 0.1) is 11.3 Å². The van der Waals surface area contributed by atoms with Crippen molar-refractivity contribution in [3.05, 3.63) is 59.9 Å². The lowest BCUT2D eigenvalue weighted by molar-refractivity contribution is -0.140. The summed E-state index contributed by atoms with van der Waals surface area (Å²) in [6, 6.07) is 13.4. The van der Waals surface area contributed by atoms with Crippen molar-refractivity contribution in [3.63, 3.8) is 0 Å². The fraction of sp³-hybridized carbons (Fsp3) is 0.419. The maximum Gasteiger partial charge on any atom is 0.231 e. The smallest absolute Gasteiger partial charge is 0.231 e. The van der Waals surface area contributed by atoms with Gasteiger partial charge in [-0.15, -0.1) is 0 Å². The topological polar surface area (TPSA) is 110 Å². The molecule has 3 unspecified atom stereocenters. The second kappa shape index (κ2) is 10.4. The van der Waals surface area contributed by atoms with E-state index in [-0.39, 0.29) is 24.5 Å². The molecule has 1 saturated carbocycles. The number of likely N-dealkylation sites (tertiary alicyclic amines) is 1. The zero-order chi connectivity index (χ0) is 28.9. The summed E-state index contributed by atoms with van der Waals surface area (Å²) in [6.45, 7) is 3.24. The Morgan fingerprint density at radius 3 is 2.61 bits per heavy atom. The van der Waals surface area contributed by atoms with E-state index >= 15 is 0 Å². The van der Waals surface area contributed by atoms with Gasteiger partial charge in [0, 0.05) is 55.1 Å². The number of nitrogens with one attached hydrogen (secondary N) is 3. The number of halogens is 1. The second-order valence-electron chi connectivity index (χ2n) is 12.0. The molecule has 3 heterocycles. The van der Waals surface area contributed by atoms with Crippen LogP contribution in [0.15, 0.2) is 48.7 Å². The van der Waals surface area contributed by atoms with Crippen molar-refractivity contribution in [2.24, 2.45) is 11.3 Å². The highest BCUT2D eigenvalue weighted by Crippen LogP contribution is 2.45. The third kappa shape index (κ3) is 5.24. The van der Waals surface area contributed by atoms with E-state index in [0.29, 0.717) is 59.6 Å². The number of pyridine rings is 1. The fourth-order valence-electron chi connectivity index (χ4n) is 6.08. The minimum atomic E-state index is -1.10. The normalized spacial score (nSPS) is 25.2. The van der Waals surface area contributed by atoms with Gasteiger partial charge in [0.2, 0.25) is 11.8 Å². The Bertz CT molecular complexity index is 1500. The third-order valence-electron chi connectivity index (χ3n) is 8.56. The first kappa shape index (κ1) is 27.1. The highest BCUT2D eigenvalue weighted by Gasteiger charge is 2.47. The van der Waals surface area contributed by atoms with Crippen molar-refractivity contribution in [1.29, 1.82) is 0 Å². The number of aromatic nitrogens is 2. The summed E-state index contributed by atoms with van der Waals surface area (Å²) >= 11 is 0. The molecule has 2 amide bonds. The second-order valence-corrected chi connectivity index (χ2v) is 12.0. The van der Waals surface area contributed by atoms with Gasteiger partial charge in [-0.3, -0.25) is 14.4 Å². The van der Waals surface area contributed by atoms with E-state index in [4.69, 9.17) is 0 Å². The van der Waals surface area contributed by atoms with Crippen LogP contribution in [0.1, 0.15) is 42.2 Å². The first-order valence-corrected chi connectivity index (χ1v) is 14.1. The molecule has 41 heavy (non-hydrogen) atoms. The van der Waals surface area contributed by atoms with E-state index in [1.807, 2.05) is 56.3 Å². The van der Waals surface area contributed by atoms with Gasteiger partial charge in [-0.2, -0.15) is 0 Å². The lowest BCUT2D eigenvalue weighted by atomic mass is 9.73. The van der Waals surface area contributed by atoms with Gasteiger partial charge in [0.25, 0.3) is 0 Å². The molecule has 6 rings (SSSR count). The molecule has 10 heteroatoms. The van der Waals surface area contributed by atoms with Gasteiger partial charge in [-0.1, -0.05) is 18.2 Å². The number of ketones is 1. The summed E-state index contributed by atoms with van der Waals surface area (Å²) in [7, 11) is 4.05. The summed E-state index contributed by atoms with van der Waals surface area (Å²) < 4.78 is 13.4. The number of fused-ring (bicyclic) bond motifs is 1. The number of hydrogen-bond acceptors (Lipinski definition) is 6. The predicted molar refractivity (Wildman–Crippen MR) is 155 cm³/mol. The maximum absolute atomic E-state index is 13.8. The Hall–Kier alpha value is -4.05. The number of anilines is 3. The molecule has 3 aromatic rings. The lowest BCUT2D eigenvalue weighted by Gasteiger charge is -2.35. The number of carbonyl (C=O) groups is 3. The van der Waals surface area contributed by atoms with Gasteiger partial charge < -0.3 is 25.4 Å². The van der Waals surface area contributed by atoms with Gasteiger partial charge in [0.1, 0.15) is 12.0 Å². The number of likely N-dealkylation sites (N-methyl/N-ethyl adjacent to an activating group) is 1. The Balaban J connectivity index is 1.35. The predicted octanol–water partition coefficient (Wildman–Crippen LogP) is 4.41. The van der Waals surface area contributed by atoms with Crippen molar-refractivity contribution >= 4 is 34.8 Å². The summed E-state index contributed by atoms with van der Waals surface area (Å²) in [6.07, 6.45) is 2.12. The van der Waals surface area contributed by atoms with Crippen LogP contribution in [-0.2, 0) is 16.0 Å². The minimum Gasteiger partial charge on any atom is -0.356 e. The van der Waals surface area contributed by atoms with E-state index in [0.717, 1.165) is 12.1 Å². The SMILES string of the molecule is CN(C)[C@@H]1CCN(C(=O)C2(C)CC(=O)c3c([nH]c(-c4ccnc(NC(=O)C5CC5F)c4)c3Nc3ccccc3)C2)C1. The summed E-state index contributed by atoms with van der Waals surface area (Å²) in [4.78, 5) is 51.7. The largest absolute Gasteiger partial charge is 0.356 e. The molecule has 1 saturated heterocycles. The summed E-state index contributed by atoms with van der Waals surface area (Å²) in [5.41, 5.74) is 3.17. The maximum atomic E-state index is 13.8. The molecule has 1 aromatic carbocycles. The Labute approximate surface area is 238 Å². The standard InChI is InChI=1S/C31H35FN6O3/c1-31(30(41)38-12-10-20(17-38)37(2)3)15-23-26(24(39)16-31)28(34-19-7-5-4-6-8-19)27(35-23)18-9-11-33-25(13-18)36-29(40)21-14-22(21)32/h4-9,11,13,20-22,34-35H,10,12,14-17H2,1-3H3,(H,33,36,40)/t20-,21?,22?,31?/m1/s1. The molecule has 2 aliphatic carbocycles. The van der Waals surface area contributed by atoms with Gasteiger partial charge in [0.05, 0.1) is 28.3 Å². The molecule has 0 bridgehead atoms. The Morgan fingerprint density at radius 1 is 1.17 bits per heavy atom. The number of carbonyl (C=O) groups excluding carboxylic acids is 3. The van der Waals surface area contributed by atoms with Crippen molar-refractivity contribution in [2.75, 3.05) is 37.8 Å². The van der Waals surface area contributed by atoms with E-state index < -0.39 is 23.4 Å². The van der Waals surface area contributed by atoms with Crippen LogP contribution < -0.4 is 10.6 Å². The molecule has 3 aliphatic rings. The number of rotatable bonds is 7. The van der Waals surface area contributed by atoms with Crippen LogP contribution >= 0.6 is 0 Å². The third-order valence-corrected chi connectivity index (χ3v) is 8.56.